The highest BCUT2D eigenvalue weighted by atomic mass is 32.1. The molecule has 0 saturated heterocycles. The maximum Gasteiger partial charge on any atom is 0.348 e. The molecule has 1 fully saturated rings. The van der Waals surface area contributed by atoms with E-state index in [1.165, 1.54) is 11.3 Å². The number of hydrogen-bond donors (Lipinski definition) is 2. The largest absolute Gasteiger partial charge is 0.477 e. The number of aromatic carboxylic acids is 1. The summed E-state index contributed by atoms with van der Waals surface area (Å²) in [5, 5.41) is 14.6. The standard InChI is InChI=1S/C29H33N5O4S/c1-3-38-15-14-33(28(35)21-6-4-18(2)5-7-21)23-17-24(39-27(23)29(36)37)20-10-8-19(9-11-20)22-16-26-31-13-12-25(30)34(26)32-22/h8-13,16-18,21H,3-7,14-15,30H2,1-2H3,(H,36,37)/t18-,21-. The van der Waals surface area contributed by atoms with Gasteiger partial charge in [-0.25, -0.2) is 9.78 Å². The van der Waals surface area contributed by atoms with Crippen LogP contribution in [0.2, 0.25) is 0 Å². The van der Waals surface area contributed by atoms with Gasteiger partial charge in [-0.1, -0.05) is 31.2 Å². The van der Waals surface area contributed by atoms with E-state index in [1.807, 2.05) is 43.3 Å². The quantitative estimate of drug-likeness (QED) is 0.261. The topological polar surface area (TPSA) is 123 Å². The number of benzene rings is 1. The molecule has 9 nitrogen and oxygen atoms in total. The van der Waals surface area contributed by atoms with E-state index in [0.29, 0.717) is 42.8 Å². The minimum absolute atomic E-state index is 0.0106. The first-order valence-corrected chi connectivity index (χ1v) is 14.1. The van der Waals surface area contributed by atoms with Crippen LogP contribution in [-0.2, 0) is 9.53 Å². The van der Waals surface area contributed by atoms with Gasteiger partial charge in [0.1, 0.15) is 10.7 Å². The molecule has 0 atom stereocenters. The van der Waals surface area contributed by atoms with E-state index in [2.05, 4.69) is 17.0 Å². The molecule has 4 aromatic rings. The number of anilines is 2. The number of rotatable bonds is 9. The van der Waals surface area contributed by atoms with Gasteiger partial charge < -0.3 is 20.5 Å². The number of ether oxygens (including phenoxy) is 1. The van der Waals surface area contributed by atoms with Crippen LogP contribution >= 0.6 is 11.3 Å². The number of carbonyl (C=O) groups is 2. The summed E-state index contributed by atoms with van der Waals surface area (Å²) < 4.78 is 7.15. The summed E-state index contributed by atoms with van der Waals surface area (Å²) in [6.07, 6.45) is 5.33. The molecule has 1 aromatic carbocycles. The minimum atomic E-state index is -1.04. The predicted octanol–water partition coefficient (Wildman–Crippen LogP) is 5.60. The smallest absolute Gasteiger partial charge is 0.348 e. The zero-order valence-electron chi connectivity index (χ0n) is 22.2. The Morgan fingerprint density at radius 1 is 1.13 bits per heavy atom. The summed E-state index contributed by atoms with van der Waals surface area (Å²) in [7, 11) is 0. The summed E-state index contributed by atoms with van der Waals surface area (Å²) in [5.41, 5.74) is 9.59. The van der Waals surface area contributed by atoms with Crippen molar-refractivity contribution >= 4 is 40.4 Å². The van der Waals surface area contributed by atoms with Gasteiger partial charge >= 0.3 is 5.97 Å². The molecule has 1 aliphatic carbocycles. The van der Waals surface area contributed by atoms with Crippen molar-refractivity contribution in [3.8, 4) is 21.7 Å². The van der Waals surface area contributed by atoms with Crippen molar-refractivity contribution in [2.75, 3.05) is 30.4 Å². The molecular weight excluding hydrogens is 514 g/mol. The molecule has 204 valence electrons. The molecule has 3 heterocycles. The third-order valence-corrected chi connectivity index (χ3v) is 8.51. The molecule has 0 spiro atoms. The Morgan fingerprint density at radius 2 is 1.85 bits per heavy atom. The lowest BCUT2D eigenvalue weighted by atomic mass is 9.82. The van der Waals surface area contributed by atoms with Crippen LogP contribution < -0.4 is 10.6 Å². The Kier molecular flexibility index (Phi) is 7.94. The fourth-order valence-electron chi connectivity index (χ4n) is 5.11. The maximum absolute atomic E-state index is 13.7. The highest BCUT2D eigenvalue weighted by Crippen LogP contribution is 2.39. The molecule has 1 amide bonds. The highest BCUT2D eigenvalue weighted by Gasteiger charge is 2.32. The van der Waals surface area contributed by atoms with Gasteiger partial charge in [-0.2, -0.15) is 9.61 Å². The first-order chi connectivity index (χ1) is 18.9. The summed E-state index contributed by atoms with van der Waals surface area (Å²) in [6, 6.07) is 13.1. The first kappa shape index (κ1) is 26.8. The molecule has 0 radical (unpaired) electrons. The average molecular weight is 548 g/mol. The van der Waals surface area contributed by atoms with Crippen LogP contribution in [0.1, 0.15) is 49.2 Å². The summed E-state index contributed by atoms with van der Waals surface area (Å²) in [6.45, 7) is 5.32. The van der Waals surface area contributed by atoms with Crippen molar-refractivity contribution in [3.05, 3.63) is 53.5 Å². The number of amides is 1. The van der Waals surface area contributed by atoms with Gasteiger partial charge in [0.25, 0.3) is 0 Å². The van der Waals surface area contributed by atoms with Crippen molar-refractivity contribution in [1.29, 1.82) is 0 Å². The van der Waals surface area contributed by atoms with E-state index >= 15 is 0 Å². The number of thiophene rings is 1. The number of nitrogens with zero attached hydrogens (tertiary/aromatic N) is 4. The SMILES string of the molecule is CCOCCN(c1cc(-c2ccc(-c3cc4nccc(N)n4n3)cc2)sc1C(=O)O)C(=O)[C@H]1CC[C@H](C)CC1. The number of fused-ring (bicyclic) bond motifs is 1. The Labute approximate surface area is 231 Å². The molecular formula is C29H33N5O4S. The second kappa shape index (κ2) is 11.5. The summed E-state index contributed by atoms with van der Waals surface area (Å²) >= 11 is 1.18. The lowest BCUT2D eigenvalue weighted by molar-refractivity contribution is -0.123. The Morgan fingerprint density at radius 3 is 2.51 bits per heavy atom. The summed E-state index contributed by atoms with van der Waals surface area (Å²) in [4.78, 5) is 32.9. The molecule has 5 rings (SSSR count). The van der Waals surface area contributed by atoms with Crippen molar-refractivity contribution in [3.63, 3.8) is 0 Å². The second-order valence-electron chi connectivity index (χ2n) is 10.0. The normalized spacial score (nSPS) is 17.4. The zero-order chi connectivity index (χ0) is 27.5. The minimum Gasteiger partial charge on any atom is -0.477 e. The van der Waals surface area contributed by atoms with Crippen LogP contribution in [-0.4, -0.2) is 51.3 Å². The Balaban J connectivity index is 1.45. The Bertz CT molecular complexity index is 1470. The second-order valence-corrected chi connectivity index (χ2v) is 11.1. The van der Waals surface area contributed by atoms with E-state index in [-0.39, 0.29) is 16.7 Å². The number of nitrogens with two attached hydrogens (primary N) is 1. The Hall–Kier alpha value is -3.76. The van der Waals surface area contributed by atoms with Crippen LogP contribution in [0.4, 0.5) is 11.5 Å². The van der Waals surface area contributed by atoms with Gasteiger partial charge in [-0.05, 0) is 56.2 Å². The van der Waals surface area contributed by atoms with E-state index in [0.717, 1.165) is 47.4 Å². The van der Waals surface area contributed by atoms with Crippen LogP contribution in [0.3, 0.4) is 0 Å². The number of carbonyl (C=O) groups excluding carboxylic acids is 1. The monoisotopic (exact) mass is 547 g/mol. The zero-order valence-corrected chi connectivity index (χ0v) is 23.0. The number of aromatic nitrogens is 3. The number of carboxylic acids is 1. The maximum atomic E-state index is 13.7. The van der Waals surface area contributed by atoms with Crippen molar-refractivity contribution in [1.82, 2.24) is 14.6 Å². The van der Waals surface area contributed by atoms with E-state index < -0.39 is 5.97 Å². The van der Waals surface area contributed by atoms with Gasteiger partial charge in [-0.15, -0.1) is 11.3 Å². The van der Waals surface area contributed by atoms with Gasteiger partial charge in [0.05, 0.1) is 18.0 Å². The van der Waals surface area contributed by atoms with Crippen LogP contribution in [0, 0.1) is 11.8 Å². The predicted molar refractivity (Wildman–Crippen MR) is 153 cm³/mol. The van der Waals surface area contributed by atoms with Gasteiger partial charge in [0.2, 0.25) is 5.91 Å². The molecule has 3 aromatic heterocycles. The molecule has 10 heteroatoms. The summed E-state index contributed by atoms with van der Waals surface area (Å²) in [5.74, 6) is -0.0320. The molecule has 3 N–H and O–H groups in total. The highest BCUT2D eigenvalue weighted by molar-refractivity contribution is 7.18. The lowest BCUT2D eigenvalue weighted by Crippen LogP contribution is -2.40. The number of carboxylic acid groups (broad SMARTS) is 1. The average Bonchev–Trinajstić information content (AvgIpc) is 3.58. The van der Waals surface area contributed by atoms with Crippen molar-refractivity contribution in [2.45, 2.75) is 39.5 Å². The van der Waals surface area contributed by atoms with Crippen molar-refractivity contribution < 1.29 is 19.4 Å². The lowest BCUT2D eigenvalue weighted by Gasteiger charge is -2.31. The molecule has 1 aliphatic rings. The van der Waals surface area contributed by atoms with E-state index in [1.54, 1.807) is 21.7 Å². The van der Waals surface area contributed by atoms with Gasteiger partial charge in [-0.3, -0.25) is 4.79 Å². The van der Waals surface area contributed by atoms with E-state index in [4.69, 9.17) is 10.5 Å². The fraction of sp³-hybridized carbons (Fsp3) is 0.379. The molecule has 0 aliphatic heterocycles. The third kappa shape index (κ3) is 5.67. The number of nitrogen functional groups attached to an aromatic ring is 1. The van der Waals surface area contributed by atoms with E-state index in [9.17, 15) is 14.7 Å². The first-order valence-electron chi connectivity index (χ1n) is 13.3. The number of hydrogen-bond acceptors (Lipinski definition) is 7. The molecule has 1 saturated carbocycles. The van der Waals surface area contributed by atoms with Gasteiger partial charge in [0.15, 0.2) is 5.65 Å². The van der Waals surface area contributed by atoms with Crippen LogP contribution in [0.25, 0.3) is 27.3 Å². The molecule has 39 heavy (non-hydrogen) atoms. The van der Waals surface area contributed by atoms with Crippen molar-refractivity contribution in [2.24, 2.45) is 11.8 Å². The van der Waals surface area contributed by atoms with Crippen LogP contribution in [0.5, 0.6) is 0 Å². The van der Waals surface area contributed by atoms with Crippen LogP contribution in [0.15, 0.2) is 48.7 Å². The fourth-order valence-corrected chi connectivity index (χ4v) is 6.12. The molecule has 0 bridgehead atoms. The third-order valence-electron chi connectivity index (χ3n) is 7.34. The molecule has 0 unspecified atom stereocenters. The van der Waals surface area contributed by atoms with Gasteiger partial charge in [0, 0.05) is 41.8 Å².